The van der Waals surface area contributed by atoms with Crippen LogP contribution in [0, 0.1) is 5.41 Å². The van der Waals surface area contributed by atoms with Crippen molar-refractivity contribution in [2.24, 2.45) is 12.5 Å². The van der Waals surface area contributed by atoms with E-state index in [0.717, 1.165) is 22.7 Å². The van der Waals surface area contributed by atoms with Crippen LogP contribution in [0.5, 0.6) is 0 Å². The average molecular weight is 456 g/mol. The number of amides is 3. The van der Waals surface area contributed by atoms with Crippen molar-refractivity contribution in [3.63, 3.8) is 0 Å². The fraction of sp³-hybridized carbons (Fsp3) is 0.474. The Hall–Kier alpha value is -2.76. The lowest BCUT2D eigenvalue weighted by Gasteiger charge is -2.29. The van der Waals surface area contributed by atoms with Crippen LogP contribution < -0.4 is 10.6 Å². The Kier molecular flexibility index (Phi) is 6.48. The number of alkyl halides is 3. The third-order valence-electron chi connectivity index (χ3n) is 5.32. The van der Waals surface area contributed by atoms with Gasteiger partial charge in [-0.3, -0.25) is 4.79 Å². The third-order valence-corrected chi connectivity index (χ3v) is 6.53. The molecule has 12 heteroatoms. The number of nitrogens with one attached hydrogen (secondary N) is 2. The first-order valence-electron chi connectivity index (χ1n) is 9.53. The van der Waals surface area contributed by atoms with E-state index in [9.17, 15) is 22.8 Å². The lowest BCUT2D eigenvalue weighted by atomic mass is 9.85. The minimum atomic E-state index is -4.76. The molecule has 3 amide bonds. The minimum Gasteiger partial charge on any atom is -0.358 e. The van der Waals surface area contributed by atoms with Gasteiger partial charge >= 0.3 is 12.2 Å². The van der Waals surface area contributed by atoms with Crippen LogP contribution in [0.15, 0.2) is 35.7 Å². The summed E-state index contributed by atoms with van der Waals surface area (Å²) in [6.45, 7) is 1.08. The molecule has 0 radical (unpaired) electrons. The highest BCUT2D eigenvalue weighted by molar-refractivity contribution is 7.99. The van der Waals surface area contributed by atoms with Crippen molar-refractivity contribution in [2.45, 2.75) is 29.9 Å². The maximum Gasteiger partial charge on any atom is 0.404 e. The summed E-state index contributed by atoms with van der Waals surface area (Å²) in [5.74, 6) is -1.13. The van der Waals surface area contributed by atoms with E-state index in [1.54, 1.807) is 29.1 Å². The van der Waals surface area contributed by atoms with Crippen LogP contribution in [0.25, 0.3) is 0 Å². The second-order valence-corrected chi connectivity index (χ2v) is 8.68. The smallest absolute Gasteiger partial charge is 0.358 e. The summed E-state index contributed by atoms with van der Waals surface area (Å²) in [6.07, 6.45) is -3.63. The molecule has 1 aliphatic rings. The number of likely N-dealkylation sites (tertiary alicyclic amines) is 1. The molecule has 8 nitrogen and oxygen atoms in total. The summed E-state index contributed by atoms with van der Waals surface area (Å²) in [4.78, 5) is 25.6. The van der Waals surface area contributed by atoms with Crippen molar-refractivity contribution in [1.29, 1.82) is 0 Å². The van der Waals surface area contributed by atoms with Gasteiger partial charge in [-0.1, -0.05) is 23.9 Å². The van der Waals surface area contributed by atoms with Gasteiger partial charge < -0.3 is 20.1 Å². The molecule has 3 rings (SSSR count). The number of benzene rings is 1. The second-order valence-electron chi connectivity index (χ2n) is 7.37. The first-order chi connectivity index (χ1) is 14.6. The standard InChI is InChI=1S/C19H23F3N6O2S/c1-12(31-17-26-24-11-27(17)3)13-5-4-6-14(9-13)25-16(30)28-8-7-18(10-28,15(29)23-2)19(20,21)22/h4-6,9,11-12H,7-8,10H2,1-3H3,(H,23,29)(H,25,30)/t12-,18?/m0/s1. The zero-order chi connectivity index (χ0) is 22.8. The van der Waals surface area contributed by atoms with Crippen molar-refractivity contribution >= 4 is 29.4 Å². The van der Waals surface area contributed by atoms with Gasteiger partial charge in [0, 0.05) is 38.1 Å². The van der Waals surface area contributed by atoms with E-state index in [2.05, 4.69) is 20.8 Å². The maximum absolute atomic E-state index is 13.6. The molecule has 2 heterocycles. The Labute approximate surface area is 181 Å². The largest absolute Gasteiger partial charge is 0.404 e. The van der Waals surface area contributed by atoms with Crippen molar-refractivity contribution in [3.8, 4) is 0 Å². The number of urea groups is 1. The van der Waals surface area contributed by atoms with Gasteiger partial charge in [0.1, 0.15) is 6.33 Å². The molecule has 2 N–H and O–H groups in total. The third kappa shape index (κ3) is 4.63. The molecular formula is C19H23F3N6O2S. The molecule has 168 valence electrons. The summed E-state index contributed by atoms with van der Waals surface area (Å²) < 4.78 is 42.6. The van der Waals surface area contributed by atoms with Crippen LogP contribution in [0.2, 0.25) is 0 Å². The zero-order valence-electron chi connectivity index (χ0n) is 17.2. The lowest BCUT2D eigenvalue weighted by molar-refractivity contribution is -0.217. The Balaban J connectivity index is 1.69. The molecule has 31 heavy (non-hydrogen) atoms. The van der Waals surface area contributed by atoms with Crippen molar-refractivity contribution in [1.82, 2.24) is 25.0 Å². The van der Waals surface area contributed by atoms with Gasteiger partial charge in [-0.05, 0) is 31.0 Å². The van der Waals surface area contributed by atoms with Crippen molar-refractivity contribution in [3.05, 3.63) is 36.2 Å². The highest BCUT2D eigenvalue weighted by atomic mass is 32.2. The lowest BCUT2D eigenvalue weighted by Crippen LogP contribution is -2.52. The van der Waals surface area contributed by atoms with Gasteiger partial charge in [-0.15, -0.1) is 10.2 Å². The Morgan fingerprint density at radius 2 is 2.06 bits per heavy atom. The summed E-state index contributed by atoms with van der Waals surface area (Å²) >= 11 is 1.49. The van der Waals surface area contributed by atoms with E-state index in [1.807, 2.05) is 20.0 Å². The van der Waals surface area contributed by atoms with Gasteiger partial charge in [0.15, 0.2) is 10.6 Å². The van der Waals surface area contributed by atoms with Crippen molar-refractivity contribution < 1.29 is 22.8 Å². The molecular weight excluding hydrogens is 433 g/mol. The molecule has 0 spiro atoms. The van der Waals surface area contributed by atoms with Crippen molar-refractivity contribution in [2.75, 3.05) is 25.5 Å². The zero-order valence-corrected chi connectivity index (χ0v) is 18.0. The Morgan fingerprint density at radius 1 is 1.32 bits per heavy atom. The van der Waals surface area contributed by atoms with Gasteiger partial charge in [0.25, 0.3) is 0 Å². The van der Waals surface area contributed by atoms with Gasteiger partial charge in [0.05, 0.1) is 0 Å². The quantitative estimate of drug-likeness (QED) is 0.675. The molecule has 0 aliphatic carbocycles. The van der Waals surface area contributed by atoms with E-state index in [4.69, 9.17) is 0 Å². The monoisotopic (exact) mass is 456 g/mol. The number of anilines is 1. The van der Waals surface area contributed by atoms with Crippen LogP contribution >= 0.6 is 11.8 Å². The predicted octanol–water partition coefficient (Wildman–Crippen LogP) is 3.20. The molecule has 1 aromatic carbocycles. The number of hydrogen-bond acceptors (Lipinski definition) is 5. The number of carbonyl (C=O) groups excluding carboxylic acids is 2. The molecule has 2 aromatic rings. The number of halogens is 3. The van der Waals surface area contributed by atoms with Crippen LogP contribution in [0.1, 0.15) is 24.2 Å². The molecule has 1 unspecified atom stereocenters. The van der Waals surface area contributed by atoms with E-state index >= 15 is 0 Å². The number of thioether (sulfide) groups is 1. The fourth-order valence-electron chi connectivity index (χ4n) is 3.45. The number of rotatable bonds is 5. The number of aromatic nitrogens is 3. The fourth-order valence-corrected chi connectivity index (χ4v) is 4.35. The Morgan fingerprint density at radius 3 is 2.68 bits per heavy atom. The summed E-state index contributed by atoms with van der Waals surface area (Å²) in [5, 5.41) is 13.3. The molecule has 1 fully saturated rings. The number of aryl methyl sites for hydroxylation is 1. The molecule has 2 atom stereocenters. The summed E-state index contributed by atoms with van der Waals surface area (Å²) in [6, 6.07) is 6.39. The number of nitrogens with zero attached hydrogens (tertiary/aromatic N) is 4. The summed E-state index contributed by atoms with van der Waals surface area (Å²) in [5.41, 5.74) is -1.23. The SMILES string of the molecule is CNC(=O)C1(C(F)(F)F)CCN(C(=O)Nc2cccc([C@H](C)Sc3nncn3C)c2)C1. The maximum atomic E-state index is 13.6. The van der Waals surface area contributed by atoms with Gasteiger partial charge in [0.2, 0.25) is 5.91 Å². The van der Waals surface area contributed by atoms with Gasteiger partial charge in [-0.25, -0.2) is 4.79 Å². The molecule has 0 saturated carbocycles. The number of carbonyl (C=O) groups is 2. The minimum absolute atomic E-state index is 0.00216. The molecule has 1 aromatic heterocycles. The normalized spacial score (nSPS) is 19.9. The second kappa shape index (κ2) is 8.77. The van der Waals surface area contributed by atoms with Crippen LogP contribution in [-0.4, -0.2) is 57.9 Å². The topological polar surface area (TPSA) is 92.2 Å². The predicted molar refractivity (Wildman–Crippen MR) is 109 cm³/mol. The molecule has 0 bridgehead atoms. The highest BCUT2D eigenvalue weighted by Crippen LogP contribution is 2.45. The number of hydrogen-bond donors (Lipinski definition) is 2. The van der Waals surface area contributed by atoms with Crippen LogP contribution in [0.3, 0.4) is 0 Å². The van der Waals surface area contributed by atoms with E-state index in [1.165, 1.54) is 11.8 Å². The van der Waals surface area contributed by atoms with E-state index in [0.29, 0.717) is 5.69 Å². The summed E-state index contributed by atoms with van der Waals surface area (Å²) in [7, 11) is 2.99. The van der Waals surface area contributed by atoms with E-state index in [-0.39, 0.29) is 11.8 Å². The first kappa shape index (κ1) is 22.9. The van der Waals surface area contributed by atoms with Crippen LogP contribution in [0.4, 0.5) is 23.7 Å². The van der Waals surface area contributed by atoms with Gasteiger partial charge in [-0.2, -0.15) is 13.2 Å². The van der Waals surface area contributed by atoms with Crippen LogP contribution in [-0.2, 0) is 11.8 Å². The molecule has 1 aliphatic heterocycles. The molecule has 1 saturated heterocycles. The van der Waals surface area contributed by atoms with E-state index < -0.39 is 36.5 Å². The highest BCUT2D eigenvalue weighted by Gasteiger charge is 2.63. The Bertz CT molecular complexity index is 966. The first-order valence-corrected chi connectivity index (χ1v) is 10.4. The average Bonchev–Trinajstić information content (AvgIpc) is 3.35.